The van der Waals surface area contributed by atoms with E-state index >= 15 is 0 Å². The maximum atomic E-state index is 11.8. The van der Waals surface area contributed by atoms with Crippen LogP contribution in [0.25, 0.3) is 0 Å². The van der Waals surface area contributed by atoms with Crippen LogP contribution < -0.4 is 20.1 Å². The quantitative estimate of drug-likeness (QED) is 0.674. The number of hydrogen-bond acceptors (Lipinski definition) is 6. The molecule has 2 aromatic carbocycles. The fourth-order valence-corrected chi connectivity index (χ4v) is 2.50. The Bertz CT molecular complexity index is 838. The average Bonchev–Trinajstić information content (AvgIpc) is 2.66. The molecule has 2 N–H and O–H groups in total. The number of benzene rings is 2. The van der Waals surface area contributed by atoms with Crippen molar-refractivity contribution in [2.24, 2.45) is 0 Å². The van der Waals surface area contributed by atoms with Crippen LogP contribution in [-0.2, 0) is 9.53 Å². The molecule has 0 bridgehead atoms. The predicted molar refractivity (Wildman–Crippen MR) is 101 cm³/mol. The van der Waals surface area contributed by atoms with Crippen LogP contribution in [-0.4, -0.2) is 38.7 Å². The first-order chi connectivity index (χ1) is 12.9. The maximum Gasteiger partial charge on any atom is 0.337 e. The molecule has 0 aliphatic carbocycles. The number of methoxy groups -OCH3 is 2. The van der Waals surface area contributed by atoms with Crippen molar-refractivity contribution in [2.75, 3.05) is 26.1 Å². The summed E-state index contributed by atoms with van der Waals surface area (Å²) in [6.07, 6.45) is 0. The summed E-state index contributed by atoms with van der Waals surface area (Å²) in [6, 6.07) is 10.5. The summed E-state index contributed by atoms with van der Waals surface area (Å²) in [6.45, 7) is -0.383. The molecule has 9 heteroatoms. The van der Waals surface area contributed by atoms with Crippen molar-refractivity contribution in [1.29, 1.82) is 0 Å². The summed E-state index contributed by atoms with van der Waals surface area (Å²) < 4.78 is 15.5. The molecule has 8 nitrogen and oxygen atoms in total. The lowest BCUT2D eigenvalue weighted by atomic mass is 10.2. The molecule has 27 heavy (non-hydrogen) atoms. The highest BCUT2D eigenvalue weighted by molar-refractivity contribution is 9.10. The average molecular weight is 437 g/mol. The van der Waals surface area contributed by atoms with Crippen molar-refractivity contribution in [2.45, 2.75) is 0 Å². The highest BCUT2D eigenvalue weighted by atomic mass is 79.9. The molecule has 0 aromatic heterocycles. The lowest BCUT2D eigenvalue weighted by molar-refractivity contribution is -0.121. The molecule has 0 atom stereocenters. The van der Waals surface area contributed by atoms with E-state index in [0.29, 0.717) is 27.2 Å². The van der Waals surface area contributed by atoms with Gasteiger partial charge in [0.15, 0.2) is 6.61 Å². The largest absolute Gasteiger partial charge is 0.497 e. The summed E-state index contributed by atoms with van der Waals surface area (Å²) in [7, 11) is 2.82. The molecule has 142 valence electrons. The van der Waals surface area contributed by atoms with Gasteiger partial charge in [0.1, 0.15) is 11.5 Å². The van der Waals surface area contributed by atoms with Gasteiger partial charge in [-0.05, 0) is 58.4 Å². The van der Waals surface area contributed by atoms with E-state index in [1.165, 1.54) is 32.4 Å². The van der Waals surface area contributed by atoms with Gasteiger partial charge in [-0.1, -0.05) is 0 Å². The number of urea groups is 1. The number of esters is 1. The van der Waals surface area contributed by atoms with E-state index in [4.69, 9.17) is 9.47 Å². The summed E-state index contributed by atoms with van der Waals surface area (Å²) in [5.74, 6) is -0.136. The van der Waals surface area contributed by atoms with Crippen molar-refractivity contribution >= 4 is 39.5 Å². The number of ether oxygens (including phenoxy) is 3. The number of carbonyl (C=O) groups is 3. The Balaban J connectivity index is 1.84. The Morgan fingerprint density at radius 2 is 1.74 bits per heavy atom. The first kappa shape index (κ1) is 20.2. The lowest BCUT2D eigenvalue weighted by Gasteiger charge is -2.10. The molecule has 0 fully saturated rings. The van der Waals surface area contributed by atoms with E-state index in [-0.39, 0.29) is 6.61 Å². The van der Waals surface area contributed by atoms with Gasteiger partial charge in [-0.25, -0.2) is 9.59 Å². The van der Waals surface area contributed by atoms with E-state index in [2.05, 4.69) is 31.3 Å². The predicted octanol–water partition coefficient (Wildman–Crippen LogP) is 2.97. The highest BCUT2D eigenvalue weighted by Crippen LogP contribution is 2.26. The molecule has 0 spiro atoms. The van der Waals surface area contributed by atoms with Gasteiger partial charge in [-0.15, -0.1) is 0 Å². The van der Waals surface area contributed by atoms with Gasteiger partial charge in [0.05, 0.1) is 24.3 Å². The monoisotopic (exact) mass is 436 g/mol. The number of rotatable bonds is 6. The third-order valence-electron chi connectivity index (χ3n) is 3.31. The standard InChI is InChI=1S/C18H17BrN2O6/c1-25-13-6-4-12(5-7-13)20-18(24)21-16(22)10-27-15-8-3-11(9-14(15)19)17(23)26-2/h3-9H,10H2,1-2H3,(H2,20,21,22,24). The van der Waals surface area contributed by atoms with Crippen molar-refractivity contribution in [1.82, 2.24) is 5.32 Å². The first-order valence-corrected chi connectivity index (χ1v) is 8.47. The molecular formula is C18H17BrN2O6. The van der Waals surface area contributed by atoms with Gasteiger partial charge < -0.3 is 19.5 Å². The number of amides is 3. The zero-order valence-electron chi connectivity index (χ0n) is 14.6. The number of nitrogens with one attached hydrogen (secondary N) is 2. The number of halogens is 1. The zero-order valence-corrected chi connectivity index (χ0v) is 16.2. The fraction of sp³-hybridized carbons (Fsp3) is 0.167. The minimum absolute atomic E-state index is 0.333. The SMILES string of the molecule is COC(=O)c1ccc(OCC(=O)NC(=O)Nc2ccc(OC)cc2)c(Br)c1. The van der Waals surface area contributed by atoms with E-state index in [1.54, 1.807) is 24.3 Å². The van der Waals surface area contributed by atoms with Crippen LogP contribution in [0, 0.1) is 0 Å². The zero-order chi connectivity index (χ0) is 19.8. The van der Waals surface area contributed by atoms with E-state index < -0.39 is 17.9 Å². The summed E-state index contributed by atoms with van der Waals surface area (Å²) in [5, 5.41) is 4.67. The van der Waals surface area contributed by atoms with Crippen molar-refractivity contribution in [3.8, 4) is 11.5 Å². The summed E-state index contributed by atoms with van der Waals surface area (Å²) in [5.41, 5.74) is 0.836. The van der Waals surface area contributed by atoms with Gasteiger partial charge in [0, 0.05) is 5.69 Å². The summed E-state index contributed by atoms with van der Waals surface area (Å²) >= 11 is 3.25. The van der Waals surface area contributed by atoms with Crippen LogP contribution in [0.4, 0.5) is 10.5 Å². The minimum atomic E-state index is -0.686. The Labute approximate surface area is 163 Å². The molecule has 2 aromatic rings. The van der Waals surface area contributed by atoms with Crippen molar-refractivity contribution < 1.29 is 28.6 Å². The smallest absolute Gasteiger partial charge is 0.337 e. The Morgan fingerprint density at radius 1 is 1.04 bits per heavy atom. The van der Waals surface area contributed by atoms with Gasteiger partial charge in [0.25, 0.3) is 5.91 Å². The van der Waals surface area contributed by atoms with Crippen LogP contribution in [0.5, 0.6) is 11.5 Å². The lowest BCUT2D eigenvalue weighted by Crippen LogP contribution is -2.37. The molecular weight excluding hydrogens is 420 g/mol. The molecule has 0 saturated heterocycles. The van der Waals surface area contributed by atoms with Gasteiger partial charge >= 0.3 is 12.0 Å². The Kier molecular flexibility index (Phi) is 7.18. The third-order valence-corrected chi connectivity index (χ3v) is 3.93. The van der Waals surface area contributed by atoms with E-state index in [1.807, 2.05) is 0 Å². The van der Waals surface area contributed by atoms with Crippen molar-refractivity contribution in [3.05, 3.63) is 52.5 Å². The van der Waals surface area contributed by atoms with Crippen LogP contribution in [0.2, 0.25) is 0 Å². The number of carbonyl (C=O) groups excluding carboxylic acids is 3. The molecule has 0 aliphatic heterocycles. The number of hydrogen-bond donors (Lipinski definition) is 2. The van der Waals surface area contributed by atoms with Gasteiger partial charge in [-0.3, -0.25) is 10.1 Å². The third kappa shape index (κ3) is 6.00. The van der Waals surface area contributed by atoms with E-state index in [9.17, 15) is 14.4 Å². The maximum absolute atomic E-state index is 11.8. The van der Waals surface area contributed by atoms with Crippen LogP contribution in [0.15, 0.2) is 46.9 Å². The number of imide groups is 1. The Morgan fingerprint density at radius 3 is 2.33 bits per heavy atom. The first-order valence-electron chi connectivity index (χ1n) is 7.68. The van der Waals surface area contributed by atoms with E-state index in [0.717, 1.165) is 0 Å². The number of anilines is 1. The van der Waals surface area contributed by atoms with Crippen LogP contribution >= 0.6 is 15.9 Å². The minimum Gasteiger partial charge on any atom is -0.497 e. The Hall–Kier alpha value is -3.07. The summed E-state index contributed by atoms with van der Waals surface area (Å²) in [4.78, 5) is 35.1. The van der Waals surface area contributed by atoms with Crippen LogP contribution in [0.3, 0.4) is 0 Å². The second-order valence-electron chi connectivity index (χ2n) is 5.16. The normalized spacial score (nSPS) is 9.89. The topological polar surface area (TPSA) is 103 Å². The van der Waals surface area contributed by atoms with Gasteiger partial charge in [0.2, 0.25) is 0 Å². The molecule has 0 heterocycles. The molecule has 0 unspecified atom stereocenters. The van der Waals surface area contributed by atoms with Crippen LogP contribution in [0.1, 0.15) is 10.4 Å². The second-order valence-corrected chi connectivity index (χ2v) is 6.01. The van der Waals surface area contributed by atoms with Crippen molar-refractivity contribution in [3.63, 3.8) is 0 Å². The van der Waals surface area contributed by atoms with Gasteiger partial charge in [-0.2, -0.15) is 0 Å². The fourth-order valence-electron chi connectivity index (χ4n) is 2.01. The molecule has 2 rings (SSSR count). The molecule has 0 aliphatic rings. The second kappa shape index (κ2) is 9.58. The highest BCUT2D eigenvalue weighted by Gasteiger charge is 2.12. The molecule has 3 amide bonds. The molecule has 0 radical (unpaired) electrons. The molecule has 0 saturated carbocycles.